The van der Waals surface area contributed by atoms with Gasteiger partial charge in [-0.1, -0.05) is 12.1 Å². The molecule has 0 radical (unpaired) electrons. The Morgan fingerprint density at radius 1 is 1.18 bits per heavy atom. The first-order valence-electron chi connectivity index (χ1n) is 6.67. The first-order chi connectivity index (χ1) is 8.22. The second-order valence-electron chi connectivity index (χ2n) is 5.58. The number of fused-ring (bicyclic) bond motifs is 2. The van der Waals surface area contributed by atoms with Gasteiger partial charge in [0, 0.05) is 0 Å². The third-order valence-corrected chi connectivity index (χ3v) is 4.41. The van der Waals surface area contributed by atoms with Gasteiger partial charge in [0.05, 0.1) is 12.2 Å². The number of rotatable bonds is 3. The molecule has 2 fully saturated rings. The number of phenolic OH excluding ortho intramolecular Hbond substituents is 1. The molecule has 2 bridgehead atoms. The number of aromatic hydroxyl groups is 1. The molecule has 17 heavy (non-hydrogen) atoms. The van der Waals surface area contributed by atoms with Gasteiger partial charge >= 0.3 is 0 Å². The van der Waals surface area contributed by atoms with Gasteiger partial charge in [-0.25, -0.2) is 0 Å². The van der Waals surface area contributed by atoms with E-state index in [1.54, 1.807) is 12.1 Å². The molecule has 2 aliphatic rings. The van der Waals surface area contributed by atoms with Crippen LogP contribution in [0.2, 0.25) is 0 Å². The molecule has 92 valence electrons. The minimum atomic E-state index is 0.139. The third-order valence-electron chi connectivity index (χ3n) is 4.41. The Labute approximate surface area is 103 Å². The van der Waals surface area contributed by atoms with Crippen molar-refractivity contribution in [3.63, 3.8) is 0 Å². The van der Waals surface area contributed by atoms with Gasteiger partial charge in [0.2, 0.25) is 0 Å². The molecule has 0 aliphatic heterocycles. The summed E-state index contributed by atoms with van der Waals surface area (Å²) < 4.78 is 6.19. The van der Waals surface area contributed by atoms with E-state index in [4.69, 9.17) is 4.74 Å². The van der Waals surface area contributed by atoms with E-state index >= 15 is 0 Å². The average Bonchev–Trinajstić information content (AvgIpc) is 2.91. The molecule has 1 N–H and O–H groups in total. The minimum Gasteiger partial charge on any atom is -0.508 e. The van der Waals surface area contributed by atoms with Crippen LogP contribution in [0.5, 0.6) is 5.75 Å². The lowest BCUT2D eigenvalue weighted by molar-refractivity contribution is -0.0323. The topological polar surface area (TPSA) is 29.5 Å². The van der Waals surface area contributed by atoms with Crippen molar-refractivity contribution in [2.24, 2.45) is 11.8 Å². The maximum Gasteiger partial charge on any atom is 0.115 e. The Bertz CT molecular complexity index is 384. The first kappa shape index (κ1) is 11.1. The van der Waals surface area contributed by atoms with E-state index in [9.17, 15) is 5.11 Å². The molecule has 4 atom stereocenters. The molecule has 1 aromatic rings. The predicted octanol–water partition coefficient (Wildman–Crippen LogP) is 3.66. The van der Waals surface area contributed by atoms with Crippen molar-refractivity contribution in [3.05, 3.63) is 29.8 Å². The van der Waals surface area contributed by atoms with Gasteiger partial charge in [0.15, 0.2) is 0 Å². The molecule has 3 rings (SSSR count). The van der Waals surface area contributed by atoms with E-state index in [2.05, 4.69) is 6.92 Å². The van der Waals surface area contributed by atoms with Crippen LogP contribution in [-0.2, 0) is 4.74 Å². The van der Waals surface area contributed by atoms with Gasteiger partial charge in [-0.15, -0.1) is 0 Å². The van der Waals surface area contributed by atoms with E-state index in [1.165, 1.54) is 25.7 Å². The van der Waals surface area contributed by atoms with Crippen LogP contribution in [-0.4, -0.2) is 11.2 Å². The van der Waals surface area contributed by atoms with E-state index in [-0.39, 0.29) is 6.10 Å². The molecule has 2 heteroatoms. The molecule has 0 spiro atoms. The maximum atomic E-state index is 9.27. The van der Waals surface area contributed by atoms with Crippen LogP contribution in [0.15, 0.2) is 24.3 Å². The number of hydrogen-bond donors (Lipinski definition) is 1. The van der Waals surface area contributed by atoms with Crippen LogP contribution in [0, 0.1) is 11.8 Å². The molecule has 1 aromatic carbocycles. The summed E-state index contributed by atoms with van der Waals surface area (Å²) >= 11 is 0. The number of phenols is 1. The second-order valence-corrected chi connectivity index (χ2v) is 5.58. The minimum absolute atomic E-state index is 0.139. The lowest BCUT2D eigenvalue weighted by atomic mass is 9.97. The van der Waals surface area contributed by atoms with Crippen LogP contribution in [0.3, 0.4) is 0 Å². The molecule has 2 nitrogen and oxygen atoms in total. The molecule has 0 amide bonds. The summed E-state index contributed by atoms with van der Waals surface area (Å²) in [4.78, 5) is 0. The number of benzene rings is 1. The highest BCUT2D eigenvalue weighted by molar-refractivity contribution is 5.27. The van der Waals surface area contributed by atoms with E-state index in [0.29, 0.717) is 11.9 Å². The van der Waals surface area contributed by atoms with Crippen LogP contribution in [0.4, 0.5) is 0 Å². The standard InChI is InChI=1S/C15H20O2/c1-10(12-4-6-14(16)7-5-12)17-15-9-11-2-3-13(15)8-11/h4-7,10-11,13,15-16H,2-3,8-9H2,1H3. The van der Waals surface area contributed by atoms with Crippen molar-refractivity contribution < 1.29 is 9.84 Å². The number of ether oxygens (including phenoxy) is 1. The third kappa shape index (κ3) is 2.19. The SMILES string of the molecule is CC(OC1CC2CCC1C2)c1ccc(O)cc1. The molecular formula is C15H20O2. The number of hydrogen-bond acceptors (Lipinski definition) is 2. The smallest absolute Gasteiger partial charge is 0.115 e. The highest BCUT2D eigenvalue weighted by atomic mass is 16.5. The van der Waals surface area contributed by atoms with E-state index in [1.807, 2.05) is 12.1 Å². The summed E-state index contributed by atoms with van der Waals surface area (Å²) in [7, 11) is 0. The van der Waals surface area contributed by atoms with Crippen LogP contribution < -0.4 is 0 Å². The molecule has 2 aliphatic carbocycles. The van der Waals surface area contributed by atoms with Gasteiger partial charge < -0.3 is 9.84 Å². The molecule has 4 unspecified atom stereocenters. The van der Waals surface area contributed by atoms with Crippen molar-refractivity contribution in [1.29, 1.82) is 0 Å². The highest BCUT2D eigenvalue weighted by Crippen LogP contribution is 2.47. The largest absolute Gasteiger partial charge is 0.508 e. The lowest BCUT2D eigenvalue weighted by Gasteiger charge is -2.26. The fraction of sp³-hybridized carbons (Fsp3) is 0.600. The van der Waals surface area contributed by atoms with Crippen LogP contribution >= 0.6 is 0 Å². The molecule has 2 saturated carbocycles. The zero-order valence-electron chi connectivity index (χ0n) is 10.3. The van der Waals surface area contributed by atoms with Crippen LogP contribution in [0.1, 0.15) is 44.3 Å². The summed E-state index contributed by atoms with van der Waals surface area (Å²) in [6, 6.07) is 7.37. The van der Waals surface area contributed by atoms with Gasteiger partial charge in [0.25, 0.3) is 0 Å². The Hall–Kier alpha value is -1.02. The Morgan fingerprint density at radius 2 is 1.94 bits per heavy atom. The lowest BCUT2D eigenvalue weighted by Crippen LogP contribution is -2.22. The fourth-order valence-electron chi connectivity index (χ4n) is 3.44. The predicted molar refractivity (Wildman–Crippen MR) is 66.8 cm³/mol. The second kappa shape index (κ2) is 4.34. The monoisotopic (exact) mass is 232 g/mol. The quantitative estimate of drug-likeness (QED) is 0.861. The summed E-state index contributed by atoms with van der Waals surface area (Å²) in [5.74, 6) is 2.05. The van der Waals surface area contributed by atoms with Crippen molar-refractivity contribution in [2.75, 3.05) is 0 Å². The maximum absolute atomic E-state index is 9.27. The van der Waals surface area contributed by atoms with E-state index in [0.717, 1.165) is 17.4 Å². The van der Waals surface area contributed by atoms with Crippen molar-refractivity contribution in [3.8, 4) is 5.75 Å². The Kier molecular flexibility index (Phi) is 2.83. The zero-order chi connectivity index (χ0) is 11.8. The molecule has 0 saturated heterocycles. The van der Waals surface area contributed by atoms with Gasteiger partial charge in [-0.05, 0) is 62.1 Å². The van der Waals surface area contributed by atoms with Gasteiger partial charge in [0.1, 0.15) is 5.75 Å². The molecular weight excluding hydrogens is 212 g/mol. The Morgan fingerprint density at radius 3 is 2.53 bits per heavy atom. The van der Waals surface area contributed by atoms with Crippen molar-refractivity contribution in [1.82, 2.24) is 0 Å². The van der Waals surface area contributed by atoms with E-state index < -0.39 is 0 Å². The first-order valence-corrected chi connectivity index (χ1v) is 6.67. The average molecular weight is 232 g/mol. The molecule has 0 aromatic heterocycles. The van der Waals surface area contributed by atoms with Crippen molar-refractivity contribution in [2.45, 2.75) is 44.8 Å². The van der Waals surface area contributed by atoms with Crippen LogP contribution in [0.25, 0.3) is 0 Å². The summed E-state index contributed by atoms with van der Waals surface area (Å²) in [6.07, 6.45) is 6.02. The fourth-order valence-corrected chi connectivity index (χ4v) is 3.44. The van der Waals surface area contributed by atoms with Gasteiger partial charge in [-0.3, -0.25) is 0 Å². The normalized spacial score (nSPS) is 32.9. The van der Waals surface area contributed by atoms with Crippen molar-refractivity contribution >= 4 is 0 Å². The molecule has 0 heterocycles. The highest BCUT2D eigenvalue weighted by Gasteiger charge is 2.40. The summed E-state index contributed by atoms with van der Waals surface area (Å²) in [6.45, 7) is 2.11. The summed E-state index contributed by atoms with van der Waals surface area (Å²) in [5, 5.41) is 9.27. The zero-order valence-corrected chi connectivity index (χ0v) is 10.3. The Balaban J connectivity index is 1.63. The van der Waals surface area contributed by atoms with Gasteiger partial charge in [-0.2, -0.15) is 0 Å². The summed E-state index contributed by atoms with van der Waals surface area (Å²) in [5.41, 5.74) is 1.16.